The molecule has 3 rings (SSSR count). The van der Waals surface area contributed by atoms with Crippen molar-refractivity contribution in [3.8, 4) is 5.82 Å². The van der Waals surface area contributed by atoms with Gasteiger partial charge >= 0.3 is 7.12 Å². The molecule has 0 amide bonds. The quantitative estimate of drug-likeness (QED) is 0.793. The van der Waals surface area contributed by atoms with Crippen LogP contribution in [0.15, 0.2) is 30.5 Å². The van der Waals surface area contributed by atoms with E-state index in [4.69, 9.17) is 20.3 Å². The molecule has 2 aromatic rings. The fraction of sp³-hybridized carbons (Fsp3) is 0.467. The molecule has 1 aliphatic heterocycles. The molecule has 1 fully saturated rings. The molecule has 1 aliphatic rings. The van der Waals surface area contributed by atoms with E-state index in [1.54, 1.807) is 0 Å². The molecule has 21 heavy (non-hydrogen) atoms. The van der Waals surface area contributed by atoms with Gasteiger partial charge in [-0.25, -0.2) is 9.67 Å². The van der Waals surface area contributed by atoms with Crippen LogP contribution in [0.25, 0.3) is 5.82 Å². The Kier molecular flexibility index (Phi) is 1.68. The predicted molar refractivity (Wildman–Crippen MR) is 81.8 cm³/mol. The first-order chi connectivity index (χ1) is 13.1. The van der Waals surface area contributed by atoms with Crippen LogP contribution < -0.4 is 5.46 Å². The molecular formula is C15H20BN3O2. The molecule has 5 nitrogen and oxygen atoms in total. The van der Waals surface area contributed by atoms with E-state index in [0.717, 1.165) is 4.68 Å². The van der Waals surface area contributed by atoms with Gasteiger partial charge in [0.25, 0.3) is 0 Å². The van der Waals surface area contributed by atoms with Crippen molar-refractivity contribution in [3.05, 3.63) is 36.2 Å². The van der Waals surface area contributed by atoms with Crippen molar-refractivity contribution in [3.63, 3.8) is 0 Å². The third-order valence-corrected chi connectivity index (χ3v) is 3.76. The molecule has 0 aromatic carbocycles. The standard InChI is InChI=1S/C15H20BN3O2/c1-11-7-6-8-13(18-11)19-10-12(9-17-19)16-20-14(2,3)15(4,5)21-16/h6-10H,1-5H3/i1D3,6D,7D,8D,9D,10D. The zero-order valence-corrected chi connectivity index (χ0v) is 12.2. The van der Waals surface area contributed by atoms with Crippen LogP contribution in [-0.2, 0) is 9.31 Å². The van der Waals surface area contributed by atoms with Crippen molar-refractivity contribution >= 4 is 12.6 Å². The third kappa shape index (κ3) is 2.49. The van der Waals surface area contributed by atoms with E-state index >= 15 is 0 Å². The number of aryl methyl sites for hydroxylation is 1. The molecule has 2 aromatic heterocycles. The summed E-state index contributed by atoms with van der Waals surface area (Å²) in [6.07, 6.45) is -0.727. The fourth-order valence-corrected chi connectivity index (χ4v) is 1.84. The highest BCUT2D eigenvalue weighted by atomic mass is 16.7. The van der Waals surface area contributed by atoms with Gasteiger partial charge in [-0.05, 0) is 46.6 Å². The molecule has 110 valence electrons. The van der Waals surface area contributed by atoms with E-state index in [9.17, 15) is 0 Å². The molecule has 0 atom stereocenters. The van der Waals surface area contributed by atoms with Gasteiger partial charge in [-0.15, -0.1) is 0 Å². The summed E-state index contributed by atoms with van der Waals surface area (Å²) in [6, 6.07) is -1.91. The van der Waals surface area contributed by atoms with Crippen LogP contribution in [-0.4, -0.2) is 33.1 Å². The van der Waals surface area contributed by atoms with Crippen LogP contribution >= 0.6 is 0 Å². The Labute approximate surface area is 136 Å². The van der Waals surface area contributed by atoms with Crippen molar-refractivity contribution in [2.24, 2.45) is 0 Å². The summed E-state index contributed by atoms with van der Waals surface area (Å²) in [5, 5.41) is 3.90. The largest absolute Gasteiger partial charge is 0.498 e. The Morgan fingerprint density at radius 2 is 1.95 bits per heavy atom. The summed E-state index contributed by atoms with van der Waals surface area (Å²) in [4.78, 5) is 3.83. The molecule has 0 spiro atoms. The topological polar surface area (TPSA) is 49.2 Å². The van der Waals surface area contributed by atoms with Crippen LogP contribution in [0.4, 0.5) is 0 Å². The molecule has 0 radical (unpaired) electrons. The van der Waals surface area contributed by atoms with E-state index in [1.165, 1.54) is 0 Å². The van der Waals surface area contributed by atoms with Crippen molar-refractivity contribution in [1.29, 1.82) is 0 Å². The van der Waals surface area contributed by atoms with Crippen LogP contribution in [0.2, 0.25) is 0 Å². The highest BCUT2D eigenvalue weighted by molar-refractivity contribution is 6.62. The minimum atomic E-state index is -2.79. The van der Waals surface area contributed by atoms with E-state index in [0.29, 0.717) is 0 Å². The lowest BCUT2D eigenvalue weighted by molar-refractivity contribution is 0.00578. The van der Waals surface area contributed by atoms with Gasteiger partial charge in [0.15, 0.2) is 5.82 Å². The maximum atomic E-state index is 8.42. The number of hydrogen-bond acceptors (Lipinski definition) is 4. The number of aromatic nitrogens is 3. The minimum absolute atomic E-state index is 0.00163. The number of rotatable bonds is 2. The maximum Gasteiger partial charge on any atom is 0.498 e. The first-order valence-corrected chi connectivity index (χ1v) is 6.49. The van der Waals surface area contributed by atoms with Gasteiger partial charge in [-0.2, -0.15) is 5.10 Å². The Bertz CT molecular complexity index is 973. The average molecular weight is 293 g/mol. The van der Waals surface area contributed by atoms with Crippen molar-refractivity contribution in [1.82, 2.24) is 14.8 Å². The van der Waals surface area contributed by atoms with E-state index in [-0.39, 0.29) is 17.8 Å². The lowest BCUT2D eigenvalue weighted by Crippen LogP contribution is -2.41. The summed E-state index contributed by atoms with van der Waals surface area (Å²) >= 11 is 0. The summed E-state index contributed by atoms with van der Waals surface area (Å²) in [6.45, 7) is 4.47. The fourth-order valence-electron chi connectivity index (χ4n) is 1.84. The SMILES string of the molecule is [2H]c1nn(-c2nc(C([2H])([2H])[2H])c([2H])c([2H])c2[2H])c([2H])c1B1OC(C)(C)C(C)(C)O1. The van der Waals surface area contributed by atoms with Crippen molar-refractivity contribution in [2.45, 2.75) is 45.7 Å². The Hall–Kier alpha value is -1.66. The summed E-state index contributed by atoms with van der Waals surface area (Å²) in [5.74, 6) is -0.418. The van der Waals surface area contributed by atoms with E-state index in [1.807, 2.05) is 27.7 Å². The number of hydrogen-bond donors (Lipinski definition) is 0. The first kappa shape index (κ1) is 7.56. The highest BCUT2D eigenvalue weighted by Crippen LogP contribution is 2.36. The second kappa shape index (κ2) is 4.68. The average Bonchev–Trinajstić information content (AvgIpc) is 2.95. The molecular weight excluding hydrogens is 265 g/mol. The van der Waals surface area contributed by atoms with Crippen LogP contribution in [0.5, 0.6) is 0 Å². The predicted octanol–water partition coefficient (Wildman–Crippen LogP) is 1.87. The van der Waals surface area contributed by atoms with Gasteiger partial charge in [-0.1, -0.05) is 6.04 Å². The van der Waals surface area contributed by atoms with E-state index in [2.05, 4.69) is 10.1 Å². The lowest BCUT2D eigenvalue weighted by atomic mass is 9.82. The lowest BCUT2D eigenvalue weighted by Gasteiger charge is -2.32. The van der Waals surface area contributed by atoms with Gasteiger partial charge in [0.1, 0.15) is 0 Å². The monoisotopic (exact) mass is 293 g/mol. The van der Waals surface area contributed by atoms with Crippen LogP contribution in [0, 0.1) is 6.85 Å². The van der Waals surface area contributed by atoms with Gasteiger partial charge in [0.2, 0.25) is 0 Å². The molecule has 0 saturated carbocycles. The Morgan fingerprint density at radius 1 is 1.24 bits per heavy atom. The maximum absolute atomic E-state index is 8.42. The van der Waals surface area contributed by atoms with Crippen LogP contribution in [0.3, 0.4) is 0 Å². The second-order valence-electron chi connectivity index (χ2n) is 5.80. The van der Waals surface area contributed by atoms with Crippen molar-refractivity contribution < 1.29 is 20.3 Å². The molecule has 3 heterocycles. The van der Waals surface area contributed by atoms with Gasteiger partial charge in [0.05, 0.1) is 18.1 Å². The minimum Gasteiger partial charge on any atom is -0.399 e. The number of nitrogens with zero attached hydrogens (tertiary/aromatic N) is 3. The summed E-state index contributed by atoms with van der Waals surface area (Å²) < 4.78 is 75.4. The molecule has 1 saturated heterocycles. The van der Waals surface area contributed by atoms with Gasteiger partial charge in [0, 0.05) is 27.6 Å². The van der Waals surface area contributed by atoms with Crippen LogP contribution in [0.1, 0.15) is 44.4 Å². The second-order valence-corrected chi connectivity index (χ2v) is 5.80. The Balaban J connectivity index is 2.17. The normalized spacial score (nSPS) is 26.0. The summed E-state index contributed by atoms with van der Waals surface area (Å²) in [5.41, 5.74) is -2.10. The third-order valence-electron chi connectivity index (χ3n) is 3.76. The smallest absolute Gasteiger partial charge is 0.399 e. The molecule has 0 bridgehead atoms. The first-order valence-electron chi connectivity index (χ1n) is 10.5. The van der Waals surface area contributed by atoms with E-state index < -0.39 is 54.8 Å². The zero-order valence-electron chi connectivity index (χ0n) is 20.2. The molecule has 0 aliphatic carbocycles. The highest BCUT2D eigenvalue weighted by Gasteiger charge is 2.52. The molecule has 6 heteroatoms. The number of pyridine rings is 1. The summed E-state index contributed by atoms with van der Waals surface area (Å²) in [7, 11) is -1.06. The zero-order chi connectivity index (χ0) is 22.1. The van der Waals surface area contributed by atoms with Gasteiger partial charge in [-0.3, -0.25) is 0 Å². The van der Waals surface area contributed by atoms with Gasteiger partial charge < -0.3 is 9.31 Å². The Morgan fingerprint density at radius 3 is 2.62 bits per heavy atom. The molecule has 0 unspecified atom stereocenters. The van der Waals surface area contributed by atoms with Crippen molar-refractivity contribution in [2.75, 3.05) is 0 Å². The molecule has 0 N–H and O–H groups in total.